The summed E-state index contributed by atoms with van der Waals surface area (Å²) in [6.07, 6.45) is 0.560. The summed E-state index contributed by atoms with van der Waals surface area (Å²) in [6, 6.07) is 1.28. The number of benzene rings is 1. The minimum Gasteiger partial charge on any atom is -0.211 e. The second-order valence-corrected chi connectivity index (χ2v) is 5.99. The Bertz CT molecular complexity index is 529. The third-order valence-corrected chi connectivity index (χ3v) is 3.78. The summed E-state index contributed by atoms with van der Waals surface area (Å²) in [5.74, 6) is -4.65. The number of sulfonamides is 1. The Morgan fingerprint density at radius 1 is 1.17 bits per heavy atom. The Morgan fingerprint density at radius 2 is 1.78 bits per heavy atom. The molecule has 3 nitrogen and oxygen atoms in total. The predicted octanol–water partition coefficient (Wildman–Crippen LogP) is 2.43. The van der Waals surface area contributed by atoms with Crippen LogP contribution in [0.1, 0.15) is 20.3 Å². The molecule has 1 aromatic carbocycles. The van der Waals surface area contributed by atoms with Gasteiger partial charge in [-0.15, -0.1) is 0 Å². The van der Waals surface area contributed by atoms with E-state index in [4.69, 9.17) is 0 Å². The van der Waals surface area contributed by atoms with E-state index in [9.17, 15) is 21.6 Å². The van der Waals surface area contributed by atoms with Gasteiger partial charge in [0.2, 0.25) is 10.0 Å². The number of halogens is 3. The van der Waals surface area contributed by atoms with Crippen LogP contribution in [0.25, 0.3) is 0 Å². The summed E-state index contributed by atoms with van der Waals surface area (Å²) in [5, 5.41) is 0. The van der Waals surface area contributed by atoms with Gasteiger partial charge >= 0.3 is 0 Å². The standard InChI is InChI=1S/C11H14F3NO2S/c1-7(2)5-6-15-18(16,17)9-4-3-8(12)10(13)11(9)14/h3-4,7,15H,5-6H2,1-2H3. The van der Waals surface area contributed by atoms with Gasteiger partial charge in [0.1, 0.15) is 4.90 Å². The first-order valence-corrected chi connectivity index (χ1v) is 6.87. The van der Waals surface area contributed by atoms with E-state index in [2.05, 4.69) is 4.72 Å². The van der Waals surface area contributed by atoms with E-state index in [1.165, 1.54) is 0 Å². The molecular weight excluding hydrogens is 267 g/mol. The fourth-order valence-electron chi connectivity index (χ4n) is 1.28. The van der Waals surface area contributed by atoms with Crippen molar-refractivity contribution in [2.75, 3.05) is 6.54 Å². The highest BCUT2D eigenvalue weighted by atomic mass is 32.2. The molecule has 0 bridgehead atoms. The summed E-state index contributed by atoms with van der Waals surface area (Å²) in [5.41, 5.74) is 0. The summed E-state index contributed by atoms with van der Waals surface area (Å²) >= 11 is 0. The van der Waals surface area contributed by atoms with E-state index in [0.717, 1.165) is 0 Å². The molecule has 102 valence electrons. The Morgan fingerprint density at radius 3 is 2.33 bits per heavy atom. The minimum absolute atomic E-state index is 0.110. The number of rotatable bonds is 5. The number of nitrogens with one attached hydrogen (secondary N) is 1. The molecule has 1 aromatic rings. The SMILES string of the molecule is CC(C)CCNS(=O)(=O)c1ccc(F)c(F)c1F. The second-order valence-electron chi connectivity index (χ2n) is 4.25. The molecule has 0 spiro atoms. The molecule has 0 unspecified atom stereocenters. The average molecular weight is 281 g/mol. The molecule has 0 heterocycles. The first-order chi connectivity index (χ1) is 8.25. The van der Waals surface area contributed by atoms with Crippen molar-refractivity contribution in [1.82, 2.24) is 4.72 Å². The molecule has 7 heteroatoms. The quantitative estimate of drug-likeness (QED) is 0.843. The van der Waals surface area contributed by atoms with Gasteiger partial charge in [-0.05, 0) is 24.5 Å². The second kappa shape index (κ2) is 5.71. The Hall–Kier alpha value is -1.08. The van der Waals surface area contributed by atoms with Gasteiger partial charge in [-0.2, -0.15) is 0 Å². The van der Waals surface area contributed by atoms with Crippen molar-refractivity contribution >= 4 is 10.0 Å². The van der Waals surface area contributed by atoms with Crippen molar-refractivity contribution in [3.8, 4) is 0 Å². The Labute approximate surface area is 104 Å². The molecule has 18 heavy (non-hydrogen) atoms. The lowest BCUT2D eigenvalue weighted by molar-refractivity contribution is 0.431. The zero-order valence-electron chi connectivity index (χ0n) is 10.0. The van der Waals surface area contributed by atoms with Crippen molar-refractivity contribution in [3.63, 3.8) is 0 Å². The van der Waals surface area contributed by atoms with E-state index in [1.807, 2.05) is 13.8 Å². The van der Waals surface area contributed by atoms with Crippen LogP contribution in [0, 0.1) is 23.4 Å². The van der Waals surface area contributed by atoms with Crippen LogP contribution in [0.2, 0.25) is 0 Å². The molecular formula is C11H14F3NO2S. The maximum absolute atomic E-state index is 13.3. The van der Waals surface area contributed by atoms with Gasteiger partial charge in [-0.1, -0.05) is 13.8 Å². The molecule has 0 radical (unpaired) electrons. The fraction of sp³-hybridized carbons (Fsp3) is 0.455. The van der Waals surface area contributed by atoms with Gasteiger partial charge < -0.3 is 0 Å². The van der Waals surface area contributed by atoms with Crippen LogP contribution in [0.15, 0.2) is 17.0 Å². The highest BCUT2D eigenvalue weighted by Gasteiger charge is 2.23. The lowest BCUT2D eigenvalue weighted by atomic mass is 10.1. The first kappa shape index (κ1) is 15.0. The third-order valence-electron chi connectivity index (χ3n) is 2.30. The summed E-state index contributed by atoms with van der Waals surface area (Å²) in [6.45, 7) is 3.90. The monoisotopic (exact) mass is 281 g/mol. The van der Waals surface area contributed by atoms with Crippen molar-refractivity contribution in [1.29, 1.82) is 0 Å². The van der Waals surface area contributed by atoms with E-state index < -0.39 is 32.4 Å². The van der Waals surface area contributed by atoms with Crippen LogP contribution in [0.4, 0.5) is 13.2 Å². The molecule has 0 saturated heterocycles. The molecule has 0 fully saturated rings. The fourth-order valence-corrected chi connectivity index (χ4v) is 2.39. The van der Waals surface area contributed by atoms with Crippen LogP contribution >= 0.6 is 0 Å². The molecule has 0 aliphatic rings. The highest BCUT2D eigenvalue weighted by Crippen LogP contribution is 2.19. The summed E-state index contributed by atoms with van der Waals surface area (Å²) < 4.78 is 64.4. The highest BCUT2D eigenvalue weighted by molar-refractivity contribution is 7.89. The van der Waals surface area contributed by atoms with E-state index >= 15 is 0 Å². The molecule has 0 aliphatic heterocycles. The summed E-state index contributed by atoms with van der Waals surface area (Å²) in [4.78, 5) is -0.884. The maximum Gasteiger partial charge on any atom is 0.243 e. The molecule has 0 saturated carbocycles. The van der Waals surface area contributed by atoms with Gasteiger partial charge in [-0.25, -0.2) is 26.3 Å². The topological polar surface area (TPSA) is 46.2 Å². The lowest BCUT2D eigenvalue weighted by Gasteiger charge is -2.09. The molecule has 0 atom stereocenters. The number of hydrogen-bond acceptors (Lipinski definition) is 2. The van der Waals surface area contributed by atoms with Gasteiger partial charge in [0, 0.05) is 6.54 Å². The normalized spacial score (nSPS) is 12.1. The lowest BCUT2D eigenvalue weighted by Crippen LogP contribution is -2.26. The maximum atomic E-state index is 13.3. The van der Waals surface area contributed by atoms with E-state index in [0.29, 0.717) is 18.6 Å². The van der Waals surface area contributed by atoms with Crippen LogP contribution in [0.5, 0.6) is 0 Å². The van der Waals surface area contributed by atoms with Crippen LogP contribution < -0.4 is 4.72 Å². The van der Waals surface area contributed by atoms with Gasteiger partial charge in [0.15, 0.2) is 17.5 Å². The summed E-state index contributed by atoms with van der Waals surface area (Å²) in [7, 11) is -4.16. The Kier molecular flexibility index (Phi) is 4.75. The van der Waals surface area contributed by atoms with Crippen molar-refractivity contribution in [3.05, 3.63) is 29.6 Å². The third kappa shape index (κ3) is 3.46. The predicted molar refractivity (Wildman–Crippen MR) is 61.0 cm³/mol. The van der Waals surface area contributed by atoms with E-state index in [-0.39, 0.29) is 12.5 Å². The van der Waals surface area contributed by atoms with Crippen LogP contribution in [-0.2, 0) is 10.0 Å². The number of hydrogen-bond donors (Lipinski definition) is 1. The minimum atomic E-state index is -4.16. The smallest absolute Gasteiger partial charge is 0.211 e. The molecule has 0 amide bonds. The van der Waals surface area contributed by atoms with Gasteiger partial charge in [0.05, 0.1) is 0 Å². The molecule has 0 aliphatic carbocycles. The van der Waals surface area contributed by atoms with Crippen molar-refractivity contribution < 1.29 is 21.6 Å². The molecule has 1 N–H and O–H groups in total. The van der Waals surface area contributed by atoms with Crippen LogP contribution in [0.3, 0.4) is 0 Å². The Balaban J connectivity index is 2.96. The van der Waals surface area contributed by atoms with Gasteiger partial charge in [0.25, 0.3) is 0 Å². The van der Waals surface area contributed by atoms with Crippen LogP contribution in [-0.4, -0.2) is 15.0 Å². The average Bonchev–Trinajstić information content (AvgIpc) is 2.24. The van der Waals surface area contributed by atoms with Crippen molar-refractivity contribution in [2.45, 2.75) is 25.2 Å². The first-order valence-electron chi connectivity index (χ1n) is 5.39. The molecule has 1 rings (SSSR count). The van der Waals surface area contributed by atoms with Crippen molar-refractivity contribution in [2.24, 2.45) is 5.92 Å². The van der Waals surface area contributed by atoms with Gasteiger partial charge in [-0.3, -0.25) is 0 Å². The largest absolute Gasteiger partial charge is 0.243 e. The molecule has 0 aromatic heterocycles. The van der Waals surface area contributed by atoms with E-state index in [1.54, 1.807) is 0 Å². The zero-order valence-corrected chi connectivity index (χ0v) is 10.8. The zero-order chi connectivity index (χ0) is 13.9.